The van der Waals surface area contributed by atoms with Crippen molar-refractivity contribution in [3.63, 3.8) is 0 Å². The van der Waals surface area contributed by atoms with E-state index < -0.39 is 15.7 Å². The van der Waals surface area contributed by atoms with Crippen molar-refractivity contribution >= 4 is 21.6 Å². The molecule has 32 heavy (non-hydrogen) atoms. The first-order valence-electron chi connectivity index (χ1n) is 9.79. The maximum atomic E-state index is 12.7. The summed E-state index contributed by atoms with van der Waals surface area (Å²) in [5.41, 5.74) is 0.278. The molecular formula is C22H24N2O7S. The molecule has 0 spiro atoms. The van der Waals surface area contributed by atoms with Crippen molar-refractivity contribution < 1.29 is 31.9 Å². The van der Waals surface area contributed by atoms with Crippen LogP contribution in [0.15, 0.2) is 64.2 Å². The number of methoxy groups -OCH3 is 1. The van der Waals surface area contributed by atoms with Gasteiger partial charge in [-0.15, -0.1) is 0 Å². The maximum absolute atomic E-state index is 12.7. The Balaban J connectivity index is 1.89. The Hall–Kier alpha value is -3.37. The molecule has 1 unspecified atom stereocenters. The molecule has 0 saturated carbocycles. The second-order valence-electron chi connectivity index (χ2n) is 6.98. The SMILES string of the molecule is CCC(COC)Oc1cc(Oc2ccc(S(C)(=O)=O)cc2)cc(C(=O)Nc2ccon2)c1. The maximum Gasteiger partial charge on any atom is 0.257 e. The highest BCUT2D eigenvalue weighted by molar-refractivity contribution is 7.90. The van der Waals surface area contributed by atoms with E-state index in [0.717, 1.165) is 6.26 Å². The van der Waals surface area contributed by atoms with Gasteiger partial charge in [-0.1, -0.05) is 12.1 Å². The second-order valence-corrected chi connectivity index (χ2v) is 9.00. The van der Waals surface area contributed by atoms with Crippen molar-refractivity contribution in [1.29, 1.82) is 0 Å². The number of hydrogen-bond donors (Lipinski definition) is 1. The van der Waals surface area contributed by atoms with Gasteiger partial charge >= 0.3 is 0 Å². The van der Waals surface area contributed by atoms with Gasteiger partial charge in [0.15, 0.2) is 15.7 Å². The minimum Gasteiger partial charge on any atom is -0.488 e. The smallest absolute Gasteiger partial charge is 0.257 e. The van der Waals surface area contributed by atoms with Crippen LogP contribution in [0.4, 0.5) is 5.82 Å². The minimum atomic E-state index is -3.32. The monoisotopic (exact) mass is 460 g/mol. The summed E-state index contributed by atoms with van der Waals surface area (Å²) in [6.45, 7) is 2.35. The van der Waals surface area contributed by atoms with Crippen LogP contribution in [0.2, 0.25) is 0 Å². The van der Waals surface area contributed by atoms with Gasteiger partial charge in [0.25, 0.3) is 5.91 Å². The Labute approximate surface area is 186 Å². The number of nitrogens with one attached hydrogen (secondary N) is 1. The predicted octanol–water partition coefficient (Wildman–Crippen LogP) is 3.93. The zero-order valence-electron chi connectivity index (χ0n) is 17.9. The summed E-state index contributed by atoms with van der Waals surface area (Å²) < 4.78 is 45.1. The number of benzene rings is 2. The molecule has 170 valence electrons. The van der Waals surface area contributed by atoms with Crippen LogP contribution >= 0.6 is 0 Å². The first-order valence-corrected chi connectivity index (χ1v) is 11.7. The summed E-state index contributed by atoms with van der Waals surface area (Å²) >= 11 is 0. The van der Waals surface area contributed by atoms with E-state index in [2.05, 4.69) is 10.5 Å². The zero-order chi connectivity index (χ0) is 23.1. The van der Waals surface area contributed by atoms with Gasteiger partial charge in [0.05, 0.1) is 11.5 Å². The molecule has 3 aromatic rings. The third-order valence-corrected chi connectivity index (χ3v) is 5.55. The third-order valence-electron chi connectivity index (χ3n) is 4.42. The van der Waals surface area contributed by atoms with E-state index in [9.17, 15) is 13.2 Å². The number of amides is 1. The zero-order valence-corrected chi connectivity index (χ0v) is 18.7. The van der Waals surface area contributed by atoms with Gasteiger partial charge in [-0.05, 0) is 42.8 Å². The van der Waals surface area contributed by atoms with Crippen molar-refractivity contribution in [3.8, 4) is 17.2 Å². The van der Waals surface area contributed by atoms with Crippen LogP contribution < -0.4 is 14.8 Å². The Kier molecular flexibility index (Phi) is 7.49. The van der Waals surface area contributed by atoms with Crippen LogP contribution in [-0.2, 0) is 14.6 Å². The van der Waals surface area contributed by atoms with Crippen LogP contribution in [0.1, 0.15) is 23.7 Å². The largest absolute Gasteiger partial charge is 0.488 e. The molecule has 0 aliphatic rings. The Morgan fingerprint density at radius 2 is 1.81 bits per heavy atom. The van der Waals surface area contributed by atoms with E-state index in [1.807, 2.05) is 6.92 Å². The first kappa shape index (κ1) is 23.3. The number of sulfone groups is 1. The first-order chi connectivity index (χ1) is 15.3. The predicted molar refractivity (Wildman–Crippen MR) is 117 cm³/mol. The van der Waals surface area contributed by atoms with Gasteiger partial charge in [0.1, 0.15) is 29.6 Å². The molecule has 0 aliphatic carbocycles. The van der Waals surface area contributed by atoms with Gasteiger partial charge in [-0.3, -0.25) is 4.79 Å². The van der Waals surface area contributed by atoms with Crippen LogP contribution in [0.3, 0.4) is 0 Å². The molecular weight excluding hydrogens is 436 g/mol. The van der Waals surface area contributed by atoms with Crippen molar-refractivity contribution in [2.75, 3.05) is 25.3 Å². The number of rotatable bonds is 10. The van der Waals surface area contributed by atoms with E-state index in [4.69, 9.17) is 18.7 Å². The highest BCUT2D eigenvalue weighted by Crippen LogP contribution is 2.29. The molecule has 0 bridgehead atoms. The topological polar surface area (TPSA) is 117 Å². The minimum absolute atomic E-state index is 0.181. The lowest BCUT2D eigenvalue weighted by molar-refractivity contribution is 0.0785. The molecule has 0 saturated heterocycles. The van der Waals surface area contributed by atoms with Gasteiger partial charge in [0.2, 0.25) is 0 Å². The number of anilines is 1. The molecule has 1 N–H and O–H groups in total. The lowest BCUT2D eigenvalue weighted by atomic mass is 10.1. The van der Waals surface area contributed by atoms with Crippen LogP contribution in [-0.4, -0.2) is 45.6 Å². The Bertz CT molecular complexity index is 1140. The van der Waals surface area contributed by atoms with E-state index in [0.29, 0.717) is 30.3 Å². The van der Waals surface area contributed by atoms with Crippen molar-refractivity contribution in [1.82, 2.24) is 5.16 Å². The number of nitrogens with zero attached hydrogens (tertiary/aromatic N) is 1. The van der Waals surface area contributed by atoms with Crippen molar-refractivity contribution in [2.24, 2.45) is 0 Å². The molecule has 1 aromatic heterocycles. The van der Waals surface area contributed by atoms with Gasteiger partial charge in [0, 0.05) is 31.1 Å². The van der Waals surface area contributed by atoms with Crippen LogP contribution in [0, 0.1) is 0 Å². The van der Waals surface area contributed by atoms with Gasteiger partial charge < -0.3 is 24.1 Å². The molecule has 2 aromatic carbocycles. The van der Waals surface area contributed by atoms with Gasteiger partial charge in [-0.2, -0.15) is 0 Å². The molecule has 1 heterocycles. The van der Waals surface area contributed by atoms with E-state index in [1.54, 1.807) is 37.4 Å². The molecule has 0 radical (unpaired) electrons. The average Bonchev–Trinajstić information content (AvgIpc) is 3.26. The van der Waals surface area contributed by atoms with Crippen molar-refractivity contribution in [2.45, 2.75) is 24.3 Å². The summed E-state index contributed by atoms with van der Waals surface area (Å²) in [5, 5.41) is 6.30. The molecule has 3 rings (SSSR count). The van der Waals surface area contributed by atoms with E-state index in [-0.39, 0.29) is 22.4 Å². The second kappa shape index (κ2) is 10.3. The molecule has 9 nitrogen and oxygen atoms in total. The van der Waals surface area contributed by atoms with Crippen LogP contribution in [0.5, 0.6) is 17.2 Å². The lowest BCUT2D eigenvalue weighted by Crippen LogP contribution is -2.21. The van der Waals surface area contributed by atoms with Crippen LogP contribution in [0.25, 0.3) is 0 Å². The Morgan fingerprint density at radius 3 is 2.41 bits per heavy atom. The van der Waals surface area contributed by atoms with E-state index in [1.165, 1.54) is 24.5 Å². The average molecular weight is 461 g/mol. The normalized spacial score (nSPS) is 12.2. The molecule has 0 fully saturated rings. The quantitative estimate of drug-likeness (QED) is 0.484. The highest BCUT2D eigenvalue weighted by atomic mass is 32.2. The summed E-state index contributed by atoms with van der Waals surface area (Å²) in [7, 11) is -1.73. The summed E-state index contributed by atoms with van der Waals surface area (Å²) in [5.74, 6) is 1.00. The lowest BCUT2D eigenvalue weighted by Gasteiger charge is -2.18. The fraction of sp³-hybridized carbons (Fsp3) is 0.273. The molecule has 1 atom stereocenters. The number of carbonyl (C=O) groups is 1. The number of ether oxygens (including phenoxy) is 3. The standard InChI is InChI=1S/C22H24N2O7S/c1-4-16(14-28-2)30-18-11-15(22(25)23-21-9-10-29-24-21)12-19(13-18)31-17-5-7-20(8-6-17)32(3,26)27/h5-13,16H,4,14H2,1-3H3,(H,23,24,25). The summed E-state index contributed by atoms with van der Waals surface area (Å²) in [6, 6.07) is 12.3. The van der Waals surface area contributed by atoms with E-state index >= 15 is 0 Å². The fourth-order valence-electron chi connectivity index (χ4n) is 2.80. The van der Waals surface area contributed by atoms with Gasteiger partial charge in [-0.25, -0.2) is 8.42 Å². The summed E-state index contributed by atoms with van der Waals surface area (Å²) in [6.07, 6.45) is 2.97. The molecule has 0 aliphatic heterocycles. The number of hydrogen-bond acceptors (Lipinski definition) is 8. The fourth-order valence-corrected chi connectivity index (χ4v) is 3.43. The van der Waals surface area contributed by atoms with Crippen molar-refractivity contribution in [3.05, 3.63) is 60.4 Å². The number of aromatic nitrogens is 1. The molecule has 10 heteroatoms. The third kappa shape index (κ3) is 6.32. The Morgan fingerprint density at radius 1 is 1.09 bits per heavy atom. The summed E-state index contributed by atoms with van der Waals surface area (Å²) in [4.78, 5) is 12.9. The number of carbonyl (C=O) groups excluding carboxylic acids is 1. The molecule has 1 amide bonds. The highest BCUT2D eigenvalue weighted by Gasteiger charge is 2.15.